The van der Waals surface area contributed by atoms with Crippen molar-refractivity contribution < 1.29 is 4.39 Å². The fourth-order valence-corrected chi connectivity index (χ4v) is 1.94. The molecule has 1 heterocycles. The van der Waals surface area contributed by atoms with Crippen LogP contribution in [0.3, 0.4) is 0 Å². The molecule has 2 aromatic rings. The lowest BCUT2D eigenvalue weighted by Gasteiger charge is -2.23. The van der Waals surface area contributed by atoms with E-state index in [0.717, 1.165) is 16.3 Å². The van der Waals surface area contributed by atoms with Crippen molar-refractivity contribution in [1.82, 2.24) is 4.98 Å². The first-order chi connectivity index (χ1) is 8.03. The van der Waals surface area contributed by atoms with Crippen LogP contribution in [0.25, 0.3) is 10.8 Å². The van der Waals surface area contributed by atoms with E-state index in [2.05, 4.69) is 4.98 Å². The molecule has 0 aliphatic rings. The Morgan fingerprint density at radius 1 is 1.29 bits per heavy atom. The fraction of sp³-hybridized carbons (Fsp3) is 0.357. The second-order valence-corrected chi connectivity index (χ2v) is 5.17. The SMILES string of the molecule is CC(C)(CN)Cc1c(F)ccc2cnccc12. The van der Waals surface area contributed by atoms with E-state index in [1.807, 2.05) is 19.9 Å². The molecule has 2 N–H and O–H groups in total. The van der Waals surface area contributed by atoms with Gasteiger partial charge in [-0.25, -0.2) is 4.39 Å². The van der Waals surface area contributed by atoms with Gasteiger partial charge in [-0.1, -0.05) is 13.8 Å². The predicted octanol–water partition coefficient (Wildman–Crippen LogP) is 2.90. The highest BCUT2D eigenvalue weighted by molar-refractivity contribution is 5.85. The minimum absolute atomic E-state index is 0.0988. The summed E-state index contributed by atoms with van der Waals surface area (Å²) in [6.07, 6.45) is 4.09. The summed E-state index contributed by atoms with van der Waals surface area (Å²) in [5.41, 5.74) is 6.35. The number of halogens is 1. The van der Waals surface area contributed by atoms with Crippen LogP contribution >= 0.6 is 0 Å². The lowest BCUT2D eigenvalue weighted by atomic mass is 9.84. The van der Waals surface area contributed by atoms with Crippen molar-refractivity contribution >= 4 is 10.8 Å². The van der Waals surface area contributed by atoms with E-state index in [1.54, 1.807) is 18.5 Å². The standard InChI is InChI=1S/C14H17FN2/c1-14(2,9-16)7-12-11-5-6-17-8-10(11)3-4-13(12)15/h3-6,8H,7,9,16H2,1-2H3. The Labute approximate surface area is 101 Å². The van der Waals surface area contributed by atoms with Crippen molar-refractivity contribution in [2.75, 3.05) is 6.54 Å². The molecule has 0 aliphatic carbocycles. The number of hydrogen-bond donors (Lipinski definition) is 1. The highest BCUT2D eigenvalue weighted by Crippen LogP contribution is 2.28. The van der Waals surface area contributed by atoms with Gasteiger partial charge in [-0.3, -0.25) is 4.98 Å². The van der Waals surface area contributed by atoms with Crippen LogP contribution in [-0.4, -0.2) is 11.5 Å². The van der Waals surface area contributed by atoms with Crippen LogP contribution in [0.15, 0.2) is 30.6 Å². The van der Waals surface area contributed by atoms with Crippen LogP contribution in [-0.2, 0) is 6.42 Å². The normalized spacial score (nSPS) is 12.0. The molecule has 0 unspecified atom stereocenters. The molecule has 0 radical (unpaired) electrons. The van der Waals surface area contributed by atoms with Gasteiger partial charge in [-0.05, 0) is 47.5 Å². The van der Waals surface area contributed by atoms with Gasteiger partial charge in [0, 0.05) is 17.8 Å². The maximum Gasteiger partial charge on any atom is 0.127 e. The number of nitrogens with zero attached hydrogens (tertiary/aromatic N) is 1. The third kappa shape index (κ3) is 2.44. The quantitative estimate of drug-likeness (QED) is 0.883. The first-order valence-corrected chi connectivity index (χ1v) is 5.75. The molecular formula is C14H17FN2. The molecule has 0 bridgehead atoms. The van der Waals surface area contributed by atoms with Crippen LogP contribution in [0, 0.1) is 11.2 Å². The van der Waals surface area contributed by atoms with E-state index in [4.69, 9.17) is 5.73 Å². The summed E-state index contributed by atoms with van der Waals surface area (Å²) in [4.78, 5) is 4.05. The Morgan fingerprint density at radius 2 is 2.06 bits per heavy atom. The van der Waals surface area contributed by atoms with Gasteiger partial charge in [0.25, 0.3) is 0 Å². The van der Waals surface area contributed by atoms with E-state index in [9.17, 15) is 4.39 Å². The number of hydrogen-bond acceptors (Lipinski definition) is 2. The third-order valence-corrected chi connectivity index (χ3v) is 3.08. The number of fused-ring (bicyclic) bond motifs is 1. The van der Waals surface area contributed by atoms with Gasteiger partial charge in [0.05, 0.1) is 0 Å². The zero-order valence-electron chi connectivity index (χ0n) is 10.2. The molecule has 0 spiro atoms. The predicted molar refractivity (Wildman–Crippen MR) is 68.2 cm³/mol. The molecule has 3 heteroatoms. The zero-order chi connectivity index (χ0) is 12.5. The average molecular weight is 232 g/mol. The molecule has 0 amide bonds. The lowest BCUT2D eigenvalue weighted by molar-refractivity contribution is 0.371. The molecule has 2 rings (SSSR count). The topological polar surface area (TPSA) is 38.9 Å². The fourth-order valence-electron chi connectivity index (χ4n) is 1.94. The van der Waals surface area contributed by atoms with Gasteiger partial charge in [-0.2, -0.15) is 0 Å². The second kappa shape index (κ2) is 4.41. The molecule has 0 fully saturated rings. The largest absolute Gasteiger partial charge is 0.330 e. The summed E-state index contributed by atoms with van der Waals surface area (Å²) in [6, 6.07) is 5.13. The van der Waals surface area contributed by atoms with Gasteiger partial charge < -0.3 is 5.73 Å². The first-order valence-electron chi connectivity index (χ1n) is 5.75. The van der Waals surface area contributed by atoms with Gasteiger partial charge >= 0.3 is 0 Å². The van der Waals surface area contributed by atoms with Crippen molar-refractivity contribution in [3.63, 3.8) is 0 Å². The molecular weight excluding hydrogens is 215 g/mol. The number of aromatic nitrogens is 1. The van der Waals surface area contributed by atoms with E-state index in [-0.39, 0.29) is 11.2 Å². The average Bonchev–Trinajstić information content (AvgIpc) is 2.33. The Balaban J connectivity index is 2.55. The molecule has 2 nitrogen and oxygen atoms in total. The van der Waals surface area contributed by atoms with Gasteiger partial charge in [0.1, 0.15) is 5.82 Å². The molecule has 17 heavy (non-hydrogen) atoms. The van der Waals surface area contributed by atoms with Crippen LogP contribution in [0.1, 0.15) is 19.4 Å². The summed E-state index contributed by atoms with van der Waals surface area (Å²) in [5, 5.41) is 1.90. The van der Waals surface area contributed by atoms with Crippen LogP contribution in [0.5, 0.6) is 0 Å². The maximum absolute atomic E-state index is 13.9. The summed E-state index contributed by atoms with van der Waals surface area (Å²) >= 11 is 0. The highest BCUT2D eigenvalue weighted by atomic mass is 19.1. The number of benzene rings is 1. The van der Waals surface area contributed by atoms with E-state index in [0.29, 0.717) is 13.0 Å². The molecule has 1 aromatic heterocycles. The smallest absolute Gasteiger partial charge is 0.127 e. The Bertz CT molecular complexity index is 535. The highest BCUT2D eigenvalue weighted by Gasteiger charge is 2.20. The molecule has 0 saturated heterocycles. The summed E-state index contributed by atoms with van der Waals surface area (Å²) in [6.45, 7) is 4.63. The van der Waals surface area contributed by atoms with Crippen molar-refractivity contribution in [3.8, 4) is 0 Å². The molecule has 0 aliphatic heterocycles. The van der Waals surface area contributed by atoms with E-state index in [1.165, 1.54) is 6.07 Å². The molecule has 1 aromatic carbocycles. The number of pyridine rings is 1. The lowest BCUT2D eigenvalue weighted by Crippen LogP contribution is -2.26. The minimum atomic E-state index is -0.162. The van der Waals surface area contributed by atoms with Gasteiger partial charge in [0.15, 0.2) is 0 Å². The van der Waals surface area contributed by atoms with Gasteiger partial charge in [0.2, 0.25) is 0 Å². The Morgan fingerprint density at radius 3 is 2.76 bits per heavy atom. The van der Waals surface area contributed by atoms with Crippen LogP contribution in [0.2, 0.25) is 0 Å². The van der Waals surface area contributed by atoms with Crippen molar-refractivity contribution in [3.05, 3.63) is 42.0 Å². The summed E-state index contributed by atoms with van der Waals surface area (Å²) < 4.78 is 13.9. The monoisotopic (exact) mass is 232 g/mol. The zero-order valence-corrected chi connectivity index (χ0v) is 10.2. The van der Waals surface area contributed by atoms with E-state index < -0.39 is 0 Å². The van der Waals surface area contributed by atoms with Crippen molar-refractivity contribution in [1.29, 1.82) is 0 Å². The van der Waals surface area contributed by atoms with Crippen LogP contribution < -0.4 is 5.73 Å². The molecule has 0 saturated carbocycles. The molecule has 0 atom stereocenters. The second-order valence-electron chi connectivity index (χ2n) is 5.17. The van der Waals surface area contributed by atoms with Crippen molar-refractivity contribution in [2.24, 2.45) is 11.1 Å². The minimum Gasteiger partial charge on any atom is -0.330 e. The number of nitrogens with two attached hydrogens (primary N) is 1. The van der Waals surface area contributed by atoms with Crippen molar-refractivity contribution in [2.45, 2.75) is 20.3 Å². The maximum atomic E-state index is 13.9. The summed E-state index contributed by atoms with van der Waals surface area (Å²) in [5.74, 6) is -0.162. The Hall–Kier alpha value is -1.48. The first kappa shape index (κ1) is 12.0. The van der Waals surface area contributed by atoms with E-state index >= 15 is 0 Å². The number of rotatable bonds is 3. The summed E-state index contributed by atoms with van der Waals surface area (Å²) in [7, 11) is 0. The third-order valence-electron chi connectivity index (χ3n) is 3.08. The molecule has 90 valence electrons. The Kier molecular flexibility index (Phi) is 3.11. The van der Waals surface area contributed by atoms with Gasteiger partial charge in [-0.15, -0.1) is 0 Å². The van der Waals surface area contributed by atoms with Crippen LogP contribution in [0.4, 0.5) is 4.39 Å².